The summed E-state index contributed by atoms with van der Waals surface area (Å²) in [6.07, 6.45) is 0. The predicted molar refractivity (Wildman–Crippen MR) is 57.3 cm³/mol. The molecule has 3 nitrogen and oxygen atoms in total. The monoisotopic (exact) mass is 224 g/mol. The number of fused-ring (bicyclic) bond motifs is 1. The van der Waals surface area contributed by atoms with Gasteiger partial charge in [-0.2, -0.15) is 0 Å². The molecule has 0 saturated carbocycles. The Morgan fingerprint density at radius 2 is 2.20 bits per heavy atom. The van der Waals surface area contributed by atoms with Gasteiger partial charge in [0, 0.05) is 5.39 Å². The first-order valence-electron chi connectivity index (χ1n) is 4.40. The van der Waals surface area contributed by atoms with Crippen LogP contribution in [0.25, 0.3) is 11.0 Å². The molecular formula is C11H9ClO3. The molecule has 1 aromatic heterocycles. The smallest absolute Gasteiger partial charge is 0.341 e. The van der Waals surface area contributed by atoms with Crippen molar-refractivity contribution in [1.82, 2.24) is 0 Å². The zero-order chi connectivity index (χ0) is 11.0. The molecule has 0 spiro atoms. The van der Waals surface area contributed by atoms with E-state index in [0.717, 1.165) is 5.39 Å². The maximum atomic E-state index is 11.4. The van der Waals surface area contributed by atoms with E-state index in [0.29, 0.717) is 21.9 Å². The number of methoxy groups -OCH3 is 1. The minimum absolute atomic E-state index is 0.394. The summed E-state index contributed by atoms with van der Waals surface area (Å²) in [7, 11) is 1.33. The number of ether oxygens (including phenoxy) is 1. The summed E-state index contributed by atoms with van der Waals surface area (Å²) >= 11 is 5.98. The highest BCUT2D eigenvalue weighted by atomic mass is 35.5. The van der Waals surface area contributed by atoms with E-state index >= 15 is 0 Å². The van der Waals surface area contributed by atoms with Crippen LogP contribution in [0.5, 0.6) is 0 Å². The third-order valence-corrected chi connectivity index (χ3v) is 2.49. The van der Waals surface area contributed by atoms with Crippen LogP contribution < -0.4 is 0 Å². The molecule has 0 amide bonds. The van der Waals surface area contributed by atoms with Gasteiger partial charge in [-0.15, -0.1) is 0 Å². The van der Waals surface area contributed by atoms with E-state index in [9.17, 15) is 4.79 Å². The first-order chi connectivity index (χ1) is 7.13. The highest BCUT2D eigenvalue weighted by molar-refractivity contribution is 6.35. The molecule has 0 aliphatic carbocycles. The first-order valence-corrected chi connectivity index (χ1v) is 4.78. The number of benzene rings is 1. The van der Waals surface area contributed by atoms with Crippen LogP contribution >= 0.6 is 11.6 Å². The fourth-order valence-electron chi connectivity index (χ4n) is 1.48. The third-order valence-electron chi connectivity index (χ3n) is 2.16. The second-order valence-corrected chi connectivity index (χ2v) is 3.59. The summed E-state index contributed by atoms with van der Waals surface area (Å²) in [4.78, 5) is 11.4. The lowest BCUT2D eigenvalue weighted by Crippen LogP contribution is -2.01. The van der Waals surface area contributed by atoms with Crippen molar-refractivity contribution in [2.45, 2.75) is 6.92 Å². The molecule has 0 N–H and O–H groups in total. The van der Waals surface area contributed by atoms with E-state index in [1.54, 1.807) is 25.1 Å². The summed E-state index contributed by atoms with van der Waals surface area (Å²) in [6.45, 7) is 1.80. The van der Waals surface area contributed by atoms with E-state index < -0.39 is 5.97 Å². The van der Waals surface area contributed by atoms with Crippen LogP contribution in [-0.4, -0.2) is 13.1 Å². The van der Waals surface area contributed by atoms with Gasteiger partial charge in [-0.3, -0.25) is 0 Å². The molecule has 2 aromatic rings. The van der Waals surface area contributed by atoms with Crippen LogP contribution in [0.2, 0.25) is 5.02 Å². The number of halogens is 1. The Morgan fingerprint density at radius 3 is 2.87 bits per heavy atom. The quantitative estimate of drug-likeness (QED) is 0.699. The molecule has 0 aliphatic rings. The average molecular weight is 225 g/mol. The van der Waals surface area contributed by atoms with Gasteiger partial charge in [0.15, 0.2) is 0 Å². The fourth-order valence-corrected chi connectivity index (χ4v) is 1.69. The van der Waals surface area contributed by atoms with Crippen LogP contribution in [0, 0.1) is 6.92 Å². The van der Waals surface area contributed by atoms with Gasteiger partial charge in [-0.1, -0.05) is 11.6 Å². The van der Waals surface area contributed by atoms with E-state index in [1.165, 1.54) is 7.11 Å². The molecule has 1 heterocycles. The summed E-state index contributed by atoms with van der Waals surface area (Å²) in [5.74, 6) is 0.286. The lowest BCUT2D eigenvalue weighted by Gasteiger charge is -2.00. The molecule has 0 unspecified atom stereocenters. The largest absolute Gasteiger partial charge is 0.465 e. The Labute approximate surface area is 91.6 Å². The minimum Gasteiger partial charge on any atom is -0.465 e. The molecule has 0 bridgehead atoms. The van der Waals surface area contributed by atoms with Gasteiger partial charge >= 0.3 is 5.97 Å². The second-order valence-electron chi connectivity index (χ2n) is 3.19. The first kappa shape index (κ1) is 10.1. The third kappa shape index (κ3) is 1.59. The maximum absolute atomic E-state index is 11.4. The molecule has 1 aromatic carbocycles. The van der Waals surface area contributed by atoms with Crippen LogP contribution in [-0.2, 0) is 4.74 Å². The molecule has 0 fully saturated rings. The Balaban J connectivity index is 2.76. The van der Waals surface area contributed by atoms with Crippen molar-refractivity contribution in [3.8, 4) is 0 Å². The van der Waals surface area contributed by atoms with Crippen molar-refractivity contribution in [1.29, 1.82) is 0 Å². The van der Waals surface area contributed by atoms with E-state index in [1.807, 2.05) is 0 Å². The van der Waals surface area contributed by atoms with E-state index in [2.05, 4.69) is 4.74 Å². The Morgan fingerprint density at radius 1 is 1.47 bits per heavy atom. The highest BCUT2D eigenvalue weighted by Crippen LogP contribution is 2.29. The zero-order valence-corrected chi connectivity index (χ0v) is 9.09. The molecule has 2 rings (SSSR count). The van der Waals surface area contributed by atoms with Crippen molar-refractivity contribution in [2.75, 3.05) is 7.11 Å². The Hall–Kier alpha value is -1.48. The summed E-state index contributed by atoms with van der Waals surface area (Å²) < 4.78 is 10.1. The van der Waals surface area contributed by atoms with E-state index in [4.69, 9.17) is 16.0 Å². The Kier molecular flexibility index (Phi) is 2.40. The standard InChI is InChI=1S/C11H9ClO3/c1-6-5-8-9(12)4-3-7(10(8)15-6)11(13)14-2/h3-5H,1-2H3. The second kappa shape index (κ2) is 3.59. The van der Waals surface area contributed by atoms with Crippen LogP contribution in [0.4, 0.5) is 0 Å². The average Bonchev–Trinajstić information content (AvgIpc) is 2.60. The van der Waals surface area contributed by atoms with Gasteiger partial charge < -0.3 is 9.15 Å². The van der Waals surface area contributed by atoms with Crippen LogP contribution in [0.3, 0.4) is 0 Å². The minimum atomic E-state index is -0.425. The van der Waals surface area contributed by atoms with Gasteiger partial charge in [-0.25, -0.2) is 4.79 Å². The zero-order valence-electron chi connectivity index (χ0n) is 8.33. The van der Waals surface area contributed by atoms with Gasteiger partial charge in [-0.05, 0) is 25.1 Å². The normalized spacial score (nSPS) is 10.6. The summed E-state index contributed by atoms with van der Waals surface area (Å²) in [5.41, 5.74) is 0.872. The SMILES string of the molecule is COC(=O)c1ccc(Cl)c2cc(C)oc12. The highest BCUT2D eigenvalue weighted by Gasteiger charge is 2.15. The van der Waals surface area contributed by atoms with Crippen LogP contribution in [0.1, 0.15) is 16.1 Å². The lowest BCUT2D eigenvalue weighted by atomic mass is 10.1. The number of carbonyl (C=O) groups is 1. The van der Waals surface area contributed by atoms with Crippen molar-refractivity contribution in [2.24, 2.45) is 0 Å². The molecule has 0 aliphatic heterocycles. The lowest BCUT2D eigenvalue weighted by molar-refractivity contribution is 0.0602. The molecule has 15 heavy (non-hydrogen) atoms. The van der Waals surface area contributed by atoms with Gasteiger partial charge in [0.25, 0.3) is 0 Å². The van der Waals surface area contributed by atoms with E-state index in [-0.39, 0.29) is 0 Å². The van der Waals surface area contributed by atoms with Gasteiger partial charge in [0.05, 0.1) is 12.1 Å². The van der Waals surface area contributed by atoms with Crippen LogP contribution in [0.15, 0.2) is 22.6 Å². The van der Waals surface area contributed by atoms with Crippen molar-refractivity contribution in [3.05, 3.63) is 34.5 Å². The van der Waals surface area contributed by atoms with Crippen molar-refractivity contribution in [3.63, 3.8) is 0 Å². The fraction of sp³-hybridized carbons (Fsp3) is 0.182. The molecule has 4 heteroatoms. The predicted octanol–water partition coefficient (Wildman–Crippen LogP) is 3.18. The van der Waals surface area contributed by atoms with Gasteiger partial charge in [0.2, 0.25) is 0 Å². The molecular weight excluding hydrogens is 216 g/mol. The number of hydrogen-bond acceptors (Lipinski definition) is 3. The topological polar surface area (TPSA) is 39.4 Å². The van der Waals surface area contributed by atoms with Crippen molar-refractivity contribution >= 4 is 28.5 Å². The number of aryl methyl sites for hydroxylation is 1. The molecule has 0 radical (unpaired) electrons. The molecule has 0 atom stereocenters. The molecule has 78 valence electrons. The summed E-state index contributed by atoms with van der Waals surface area (Å²) in [6, 6.07) is 5.05. The summed E-state index contributed by atoms with van der Waals surface area (Å²) in [5, 5.41) is 1.30. The van der Waals surface area contributed by atoms with Gasteiger partial charge in [0.1, 0.15) is 16.9 Å². The number of hydrogen-bond donors (Lipinski definition) is 0. The number of esters is 1. The number of rotatable bonds is 1. The van der Waals surface area contributed by atoms with Crippen molar-refractivity contribution < 1.29 is 13.9 Å². The molecule has 0 saturated heterocycles. The number of carbonyl (C=O) groups excluding carboxylic acids is 1. The maximum Gasteiger partial charge on any atom is 0.341 e. The Bertz CT molecular complexity index is 528. The number of furan rings is 1.